The number of carboxylic acid groups (broad SMARTS) is 1. The van der Waals surface area contributed by atoms with Crippen molar-refractivity contribution >= 4 is 50.5 Å². The Morgan fingerprint density at radius 2 is 1.76 bits per heavy atom. The number of anilines is 1. The quantitative estimate of drug-likeness (QED) is 0.255. The third-order valence-corrected chi connectivity index (χ3v) is 7.94. The van der Waals surface area contributed by atoms with Crippen molar-refractivity contribution in [2.45, 2.75) is 36.2 Å². The van der Waals surface area contributed by atoms with Crippen LogP contribution in [0.3, 0.4) is 0 Å². The number of carbonyl (C=O) groups is 2. The van der Waals surface area contributed by atoms with Crippen molar-refractivity contribution in [1.82, 2.24) is 18.8 Å². The van der Waals surface area contributed by atoms with Crippen molar-refractivity contribution in [3.8, 4) is 11.1 Å². The topological polar surface area (TPSA) is 150 Å². The second kappa shape index (κ2) is 10.2. The van der Waals surface area contributed by atoms with Crippen LogP contribution in [0.2, 0.25) is 0 Å². The van der Waals surface area contributed by atoms with Gasteiger partial charge in [-0.2, -0.15) is 13.5 Å². The second-order valence-electron chi connectivity index (χ2n) is 8.75. The lowest BCUT2D eigenvalue weighted by molar-refractivity contribution is -0.138. The molecular formula is C25H23N5O5S2. The molecule has 3 aromatic carbocycles. The molecule has 10 nitrogen and oxygen atoms in total. The first-order valence-electron chi connectivity index (χ1n) is 11.5. The maximum atomic E-state index is 13.0. The van der Waals surface area contributed by atoms with Gasteiger partial charge in [-0.3, -0.25) is 4.79 Å². The largest absolute Gasteiger partial charge is 0.480 e. The molecule has 0 bridgehead atoms. The summed E-state index contributed by atoms with van der Waals surface area (Å²) in [7, 11) is -4.16. The smallest absolute Gasteiger partial charge is 0.322 e. The van der Waals surface area contributed by atoms with E-state index in [2.05, 4.69) is 24.1 Å². The minimum Gasteiger partial charge on any atom is -0.480 e. The normalized spacial score (nSPS) is 14.3. The molecule has 0 unspecified atom stereocenters. The van der Waals surface area contributed by atoms with Gasteiger partial charge in [0, 0.05) is 11.7 Å². The molecule has 0 saturated heterocycles. The van der Waals surface area contributed by atoms with Crippen molar-refractivity contribution in [2.24, 2.45) is 0 Å². The van der Waals surface area contributed by atoms with Gasteiger partial charge in [0.25, 0.3) is 0 Å². The molecule has 0 aliphatic heterocycles. The molecule has 1 heterocycles. The lowest BCUT2D eigenvalue weighted by atomic mass is 10.0. The first-order valence-corrected chi connectivity index (χ1v) is 13.7. The standard InChI is InChI=1S/C25H23N5O5S2/c31-24(32)21(30-37(34,35)22-6-2-5-20-23(22)29-36-28-20)13-15-7-9-16(10-8-15)17-3-1-4-19(14-17)27-25(33)26-18-11-12-18/h1-10,14,18,21,30H,11-13H2,(H,31,32)(H2,26,27,33)/t21-/m0/s1. The fourth-order valence-corrected chi connectivity index (χ4v) is 5.81. The maximum Gasteiger partial charge on any atom is 0.322 e. The number of carboxylic acids is 1. The Labute approximate surface area is 217 Å². The highest BCUT2D eigenvalue weighted by molar-refractivity contribution is 7.89. The lowest BCUT2D eigenvalue weighted by Gasteiger charge is -2.15. The van der Waals surface area contributed by atoms with E-state index in [-0.39, 0.29) is 28.9 Å². The highest BCUT2D eigenvalue weighted by Crippen LogP contribution is 2.25. The Morgan fingerprint density at radius 1 is 1.00 bits per heavy atom. The van der Waals surface area contributed by atoms with Gasteiger partial charge in [0.15, 0.2) is 0 Å². The molecule has 1 saturated carbocycles. The van der Waals surface area contributed by atoms with Gasteiger partial charge < -0.3 is 15.7 Å². The number of rotatable bonds is 9. The van der Waals surface area contributed by atoms with Crippen LogP contribution < -0.4 is 15.4 Å². The summed E-state index contributed by atoms with van der Waals surface area (Å²) in [5.41, 5.74) is 3.67. The molecule has 1 atom stereocenters. The van der Waals surface area contributed by atoms with Crippen LogP contribution in [0.4, 0.5) is 10.5 Å². The number of aromatic nitrogens is 2. The predicted molar refractivity (Wildman–Crippen MR) is 140 cm³/mol. The number of hydrogen-bond donors (Lipinski definition) is 4. The highest BCUT2D eigenvalue weighted by atomic mass is 32.2. The number of nitrogens with one attached hydrogen (secondary N) is 3. The average molecular weight is 538 g/mol. The Morgan fingerprint density at radius 3 is 2.49 bits per heavy atom. The summed E-state index contributed by atoms with van der Waals surface area (Å²) in [4.78, 5) is 23.8. The molecule has 1 aromatic heterocycles. The second-order valence-corrected chi connectivity index (χ2v) is 11.0. The van der Waals surface area contributed by atoms with Gasteiger partial charge in [-0.05, 0) is 60.2 Å². The Kier molecular flexibility index (Phi) is 6.87. The van der Waals surface area contributed by atoms with Crippen molar-refractivity contribution in [3.63, 3.8) is 0 Å². The molecule has 4 aromatic rings. The summed E-state index contributed by atoms with van der Waals surface area (Å²) in [6.07, 6.45) is 1.95. The zero-order valence-electron chi connectivity index (χ0n) is 19.4. The number of benzene rings is 3. The summed E-state index contributed by atoms with van der Waals surface area (Å²) < 4.78 is 36.3. The summed E-state index contributed by atoms with van der Waals surface area (Å²) in [6.45, 7) is 0. The number of aliphatic carboxylic acids is 1. The number of amides is 2. The zero-order valence-corrected chi connectivity index (χ0v) is 21.1. The molecule has 4 N–H and O–H groups in total. The van der Waals surface area contributed by atoms with E-state index in [1.807, 2.05) is 30.3 Å². The van der Waals surface area contributed by atoms with Crippen LogP contribution in [0, 0.1) is 0 Å². The van der Waals surface area contributed by atoms with Crippen molar-refractivity contribution < 1.29 is 23.1 Å². The third-order valence-electron chi connectivity index (χ3n) is 5.89. The van der Waals surface area contributed by atoms with Gasteiger partial charge in [0.2, 0.25) is 10.0 Å². The Bertz CT molecular complexity index is 1570. The molecule has 37 heavy (non-hydrogen) atoms. The monoisotopic (exact) mass is 537 g/mol. The van der Waals surface area contributed by atoms with Gasteiger partial charge in [0.05, 0.1) is 11.7 Å². The number of nitrogens with zero attached hydrogens (tertiary/aromatic N) is 2. The van der Waals surface area contributed by atoms with Crippen LogP contribution >= 0.6 is 11.7 Å². The van der Waals surface area contributed by atoms with Crippen molar-refractivity contribution in [1.29, 1.82) is 0 Å². The van der Waals surface area contributed by atoms with E-state index in [4.69, 9.17) is 0 Å². The van der Waals surface area contributed by atoms with E-state index in [0.717, 1.165) is 35.7 Å². The van der Waals surface area contributed by atoms with Gasteiger partial charge in [-0.15, -0.1) is 0 Å². The summed E-state index contributed by atoms with van der Waals surface area (Å²) in [6, 6.07) is 17.8. The third kappa shape index (κ3) is 5.93. The molecule has 190 valence electrons. The zero-order chi connectivity index (χ0) is 26.0. The molecular weight excluding hydrogens is 514 g/mol. The molecule has 1 fully saturated rings. The number of carbonyl (C=O) groups excluding carboxylic acids is 1. The van der Waals surface area contributed by atoms with Crippen LogP contribution in [0.25, 0.3) is 22.2 Å². The van der Waals surface area contributed by atoms with E-state index in [1.54, 1.807) is 24.3 Å². The van der Waals surface area contributed by atoms with E-state index in [1.165, 1.54) is 12.1 Å². The van der Waals surface area contributed by atoms with E-state index < -0.39 is 22.0 Å². The fourth-order valence-electron chi connectivity index (χ4n) is 3.85. The molecule has 2 amide bonds. The van der Waals surface area contributed by atoms with Crippen LogP contribution in [0.1, 0.15) is 18.4 Å². The van der Waals surface area contributed by atoms with Crippen LogP contribution in [-0.2, 0) is 21.2 Å². The minimum atomic E-state index is -4.16. The van der Waals surface area contributed by atoms with E-state index in [9.17, 15) is 23.1 Å². The minimum absolute atomic E-state index is 0.0525. The lowest BCUT2D eigenvalue weighted by Crippen LogP contribution is -2.42. The Balaban J connectivity index is 1.29. The van der Waals surface area contributed by atoms with Crippen LogP contribution in [0.5, 0.6) is 0 Å². The number of sulfonamides is 1. The first kappa shape index (κ1) is 24.8. The molecule has 0 radical (unpaired) electrons. The molecule has 5 rings (SSSR count). The maximum absolute atomic E-state index is 13.0. The van der Waals surface area contributed by atoms with Crippen LogP contribution in [-0.4, -0.2) is 46.4 Å². The van der Waals surface area contributed by atoms with Gasteiger partial charge in [0.1, 0.15) is 22.0 Å². The van der Waals surface area contributed by atoms with Gasteiger partial charge >= 0.3 is 12.0 Å². The Hall–Kier alpha value is -3.87. The van der Waals surface area contributed by atoms with E-state index in [0.29, 0.717) is 16.8 Å². The average Bonchev–Trinajstić information content (AvgIpc) is 3.55. The van der Waals surface area contributed by atoms with Gasteiger partial charge in [-0.1, -0.05) is 42.5 Å². The number of fused-ring (bicyclic) bond motifs is 1. The SMILES string of the molecule is O=C(Nc1cccc(-c2ccc(C[C@H](NS(=O)(=O)c3cccc4nsnc34)C(=O)O)cc2)c1)NC1CC1. The molecule has 1 aliphatic carbocycles. The molecule has 12 heteroatoms. The number of hydrogen-bond acceptors (Lipinski definition) is 7. The summed E-state index contributed by atoms with van der Waals surface area (Å²) in [5, 5.41) is 15.4. The number of urea groups is 1. The first-order chi connectivity index (χ1) is 17.8. The predicted octanol–water partition coefficient (Wildman–Crippen LogP) is 3.62. The van der Waals surface area contributed by atoms with Crippen molar-refractivity contribution in [3.05, 3.63) is 72.3 Å². The fraction of sp³-hybridized carbons (Fsp3) is 0.200. The van der Waals surface area contributed by atoms with Crippen LogP contribution in [0.15, 0.2) is 71.6 Å². The van der Waals surface area contributed by atoms with Crippen molar-refractivity contribution in [2.75, 3.05) is 5.32 Å². The highest BCUT2D eigenvalue weighted by Gasteiger charge is 2.28. The molecule has 0 spiro atoms. The molecule has 1 aliphatic rings. The van der Waals surface area contributed by atoms with E-state index >= 15 is 0 Å². The summed E-state index contributed by atoms with van der Waals surface area (Å²) in [5.74, 6) is -1.29. The summed E-state index contributed by atoms with van der Waals surface area (Å²) >= 11 is 0.886. The van der Waals surface area contributed by atoms with Gasteiger partial charge in [-0.25, -0.2) is 13.2 Å².